The number of unbranched alkanes of at least 4 members (excludes halogenated alkanes) is 4. The normalized spacial score (nSPS) is 17.7. The van der Waals surface area contributed by atoms with Gasteiger partial charge in [0, 0.05) is 6.04 Å². The Morgan fingerprint density at radius 1 is 0.905 bits per heavy atom. The average Bonchev–Trinajstić information content (AvgIpc) is 2.53. The molecule has 126 valence electrons. The van der Waals surface area contributed by atoms with Gasteiger partial charge in [0.25, 0.3) is 0 Å². The molecule has 0 atom stereocenters. The van der Waals surface area contributed by atoms with Crippen LogP contribution in [0.3, 0.4) is 0 Å². The van der Waals surface area contributed by atoms with Crippen LogP contribution in [0.25, 0.3) is 0 Å². The van der Waals surface area contributed by atoms with Gasteiger partial charge < -0.3 is 10.2 Å². The third kappa shape index (κ3) is 8.83. The number of rotatable bonds is 12. The van der Waals surface area contributed by atoms with Crippen molar-refractivity contribution in [2.45, 2.75) is 91.0 Å². The summed E-state index contributed by atoms with van der Waals surface area (Å²) in [5.41, 5.74) is 0. The summed E-state index contributed by atoms with van der Waals surface area (Å²) < 4.78 is 0. The molecule has 0 aliphatic carbocycles. The van der Waals surface area contributed by atoms with Gasteiger partial charge in [-0.2, -0.15) is 0 Å². The molecule has 0 aromatic rings. The molecule has 0 radical (unpaired) electrons. The summed E-state index contributed by atoms with van der Waals surface area (Å²) in [5, 5.41) is 3.92. The average molecular weight is 297 g/mol. The van der Waals surface area contributed by atoms with Crippen LogP contribution in [0.4, 0.5) is 0 Å². The molecule has 2 heteroatoms. The zero-order valence-corrected chi connectivity index (χ0v) is 15.0. The van der Waals surface area contributed by atoms with Crippen LogP contribution in [0, 0.1) is 5.92 Å². The van der Waals surface area contributed by atoms with Crippen molar-refractivity contribution >= 4 is 0 Å². The highest BCUT2D eigenvalue weighted by Gasteiger charge is 2.19. The third-order valence-corrected chi connectivity index (χ3v) is 5.16. The Morgan fingerprint density at radius 2 is 1.48 bits per heavy atom. The van der Waals surface area contributed by atoms with Crippen LogP contribution in [0.2, 0.25) is 0 Å². The number of likely N-dealkylation sites (tertiary alicyclic amines) is 1. The second-order valence-electron chi connectivity index (χ2n) is 6.97. The SMILES string of the molecule is CCCCCC(CCCCC)NCC1CCN(CC)CC1. The van der Waals surface area contributed by atoms with Crippen molar-refractivity contribution in [2.75, 3.05) is 26.2 Å². The van der Waals surface area contributed by atoms with Gasteiger partial charge in [0.15, 0.2) is 0 Å². The van der Waals surface area contributed by atoms with Gasteiger partial charge in [-0.1, -0.05) is 59.3 Å². The maximum Gasteiger partial charge on any atom is 0.00671 e. The van der Waals surface area contributed by atoms with Crippen molar-refractivity contribution in [1.82, 2.24) is 10.2 Å². The fourth-order valence-corrected chi connectivity index (χ4v) is 3.47. The van der Waals surface area contributed by atoms with E-state index in [1.807, 2.05) is 0 Å². The van der Waals surface area contributed by atoms with E-state index < -0.39 is 0 Å². The minimum absolute atomic E-state index is 0.785. The van der Waals surface area contributed by atoms with E-state index in [1.54, 1.807) is 0 Å². The molecule has 1 aliphatic heterocycles. The molecule has 0 unspecified atom stereocenters. The first-order valence-corrected chi connectivity index (χ1v) is 9.75. The summed E-state index contributed by atoms with van der Waals surface area (Å²) in [6.07, 6.45) is 13.9. The Hall–Kier alpha value is -0.0800. The van der Waals surface area contributed by atoms with E-state index >= 15 is 0 Å². The summed E-state index contributed by atoms with van der Waals surface area (Å²) in [5.74, 6) is 0.924. The Balaban J connectivity index is 2.20. The number of piperidine rings is 1. The highest BCUT2D eigenvalue weighted by molar-refractivity contribution is 4.76. The molecule has 0 bridgehead atoms. The van der Waals surface area contributed by atoms with Crippen LogP contribution >= 0.6 is 0 Å². The van der Waals surface area contributed by atoms with Crippen LogP contribution in [0.5, 0.6) is 0 Å². The van der Waals surface area contributed by atoms with E-state index in [0.29, 0.717) is 0 Å². The Kier molecular flexibility index (Phi) is 11.3. The largest absolute Gasteiger partial charge is 0.314 e. The quantitative estimate of drug-likeness (QED) is 0.519. The fourth-order valence-electron chi connectivity index (χ4n) is 3.47. The maximum atomic E-state index is 3.92. The van der Waals surface area contributed by atoms with Crippen molar-refractivity contribution in [3.05, 3.63) is 0 Å². The molecular formula is C19H40N2. The van der Waals surface area contributed by atoms with Crippen LogP contribution in [-0.4, -0.2) is 37.1 Å². The van der Waals surface area contributed by atoms with Gasteiger partial charge in [0.2, 0.25) is 0 Å². The van der Waals surface area contributed by atoms with Gasteiger partial charge in [0.1, 0.15) is 0 Å². The molecular weight excluding hydrogens is 256 g/mol. The van der Waals surface area contributed by atoms with E-state index in [9.17, 15) is 0 Å². The lowest BCUT2D eigenvalue weighted by molar-refractivity contribution is 0.186. The topological polar surface area (TPSA) is 15.3 Å². The van der Waals surface area contributed by atoms with Crippen LogP contribution in [0.15, 0.2) is 0 Å². The zero-order valence-electron chi connectivity index (χ0n) is 15.0. The number of hydrogen-bond acceptors (Lipinski definition) is 2. The van der Waals surface area contributed by atoms with Gasteiger partial charge in [-0.3, -0.25) is 0 Å². The van der Waals surface area contributed by atoms with Gasteiger partial charge in [-0.25, -0.2) is 0 Å². The summed E-state index contributed by atoms with van der Waals surface area (Å²) >= 11 is 0. The smallest absolute Gasteiger partial charge is 0.00671 e. The fraction of sp³-hybridized carbons (Fsp3) is 1.00. The first kappa shape index (κ1) is 19.0. The van der Waals surface area contributed by atoms with Gasteiger partial charge in [-0.15, -0.1) is 0 Å². The molecule has 1 fully saturated rings. The Morgan fingerprint density at radius 3 is 1.95 bits per heavy atom. The van der Waals surface area contributed by atoms with Gasteiger partial charge >= 0.3 is 0 Å². The lowest BCUT2D eigenvalue weighted by Gasteiger charge is -2.32. The lowest BCUT2D eigenvalue weighted by atomic mass is 9.95. The van der Waals surface area contributed by atoms with E-state index in [2.05, 4.69) is 31.0 Å². The molecule has 0 saturated carbocycles. The molecule has 21 heavy (non-hydrogen) atoms. The predicted molar refractivity (Wildman–Crippen MR) is 94.9 cm³/mol. The molecule has 0 amide bonds. The summed E-state index contributed by atoms with van der Waals surface area (Å²) in [6.45, 7) is 12.0. The van der Waals surface area contributed by atoms with E-state index in [4.69, 9.17) is 0 Å². The van der Waals surface area contributed by atoms with Crippen molar-refractivity contribution in [3.8, 4) is 0 Å². The second kappa shape index (κ2) is 12.5. The van der Waals surface area contributed by atoms with Gasteiger partial charge in [-0.05, 0) is 57.8 Å². The monoisotopic (exact) mass is 296 g/mol. The minimum atomic E-state index is 0.785. The van der Waals surface area contributed by atoms with E-state index in [1.165, 1.54) is 90.4 Å². The molecule has 1 rings (SSSR count). The molecule has 1 saturated heterocycles. The van der Waals surface area contributed by atoms with Gasteiger partial charge in [0.05, 0.1) is 0 Å². The summed E-state index contributed by atoms with van der Waals surface area (Å²) in [4.78, 5) is 2.59. The summed E-state index contributed by atoms with van der Waals surface area (Å²) in [6, 6.07) is 0.785. The van der Waals surface area contributed by atoms with Crippen LogP contribution in [0.1, 0.15) is 85.0 Å². The molecule has 0 spiro atoms. The lowest BCUT2D eigenvalue weighted by Crippen LogP contribution is -2.39. The molecule has 1 aliphatic rings. The minimum Gasteiger partial charge on any atom is -0.314 e. The first-order chi connectivity index (χ1) is 10.3. The second-order valence-corrected chi connectivity index (χ2v) is 6.97. The molecule has 1 N–H and O–H groups in total. The van der Waals surface area contributed by atoms with Crippen molar-refractivity contribution in [1.29, 1.82) is 0 Å². The Labute approximate surface area is 134 Å². The van der Waals surface area contributed by atoms with Crippen molar-refractivity contribution < 1.29 is 0 Å². The number of hydrogen-bond donors (Lipinski definition) is 1. The Bertz CT molecular complexity index is 212. The summed E-state index contributed by atoms with van der Waals surface area (Å²) in [7, 11) is 0. The standard InChI is InChI=1S/C19H40N2/c1-4-7-9-11-19(12-10-8-5-2)20-17-18-13-15-21(6-3)16-14-18/h18-20H,4-17H2,1-3H3. The molecule has 0 aromatic heterocycles. The van der Waals surface area contributed by atoms with E-state index in [0.717, 1.165) is 12.0 Å². The third-order valence-electron chi connectivity index (χ3n) is 5.16. The molecule has 2 nitrogen and oxygen atoms in total. The van der Waals surface area contributed by atoms with E-state index in [-0.39, 0.29) is 0 Å². The number of nitrogens with one attached hydrogen (secondary N) is 1. The number of nitrogens with zero attached hydrogens (tertiary/aromatic N) is 1. The molecule has 1 heterocycles. The van der Waals surface area contributed by atoms with Crippen LogP contribution < -0.4 is 5.32 Å². The predicted octanol–water partition coefficient (Wildman–Crippen LogP) is 4.84. The first-order valence-electron chi connectivity index (χ1n) is 9.75. The zero-order chi connectivity index (χ0) is 15.3. The molecule has 0 aromatic carbocycles. The highest BCUT2D eigenvalue weighted by Crippen LogP contribution is 2.17. The van der Waals surface area contributed by atoms with Crippen molar-refractivity contribution in [3.63, 3.8) is 0 Å². The maximum absolute atomic E-state index is 3.92. The van der Waals surface area contributed by atoms with Crippen molar-refractivity contribution in [2.24, 2.45) is 5.92 Å². The van der Waals surface area contributed by atoms with Crippen LogP contribution in [-0.2, 0) is 0 Å². The highest BCUT2D eigenvalue weighted by atomic mass is 15.1.